The first-order chi connectivity index (χ1) is 10.6. The molecule has 0 radical (unpaired) electrons. The maximum absolute atomic E-state index is 11.8. The molecule has 0 aliphatic rings. The van der Waals surface area contributed by atoms with Gasteiger partial charge in [-0.2, -0.15) is 0 Å². The number of aliphatic hydroxyl groups is 1. The summed E-state index contributed by atoms with van der Waals surface area (Å²) in [7, 11) is 0. The number of aliphatic hydroxyl groups excluding tert-OH is 1. The maximum Gasteiger partial charge on any atom is 0.304 e. The molecule has 0 heterocycles. The van der Waals surface area contributed by atoms with Crippen molar-refractivity contribution in [2.45, 2.75) is 64.7 Å². The van der Waals surface area contributed by atoms with Gasteiger partial charge in [0.25, 0.3) is 0 Å². The van der Waals surface area contributed by atoms with E-state index >= 15 is 0 Å². The van der Waals surface area contributed by atoms with Gasteiger partial charge in [-0.15, -0.1) is 0 Å². The summed E-state index contributed by atoms with van der Waals surface area (Å²) < 4.78 is 0. The summed E-state index contributed by atoms with van der Waals surface area (Å²) in [6, 6.07) is 0. The highest BCUT2D eigenvalue weighted by molar-refractivity contribution is 5.75. The molecule has 0 aliphatic carbocycles. The van der Waals surface area contributed by atoms with E-state index < -0.39 is 5.97 Å². The summed E-state index contributed by atoms with van der Waals surface area (Å²) >= 11 is 0. The van der Waals surface area contributed by atoms with Crippen molar-refractivity contribution in [1.82, 2.24) is 10.2 Å². The van der Waals surface area contributed by atoms with Crippen LogP contribution in [0.2, 0.25) is 0 Å². The Kier molecular flexibility index (Phi) is 14.0. The molecule has 0 bridgehead atoms. The Bertz CT molecular complexity index is 298. The summed E-state index contributed by atoms with van der Waals surface area (Å²) in [5.74, 6) is -0.812. The monoisotopic (exact) mass is 316 g/mol. The zero-order chi connectivity index (χ0) is 16.6. The molecule has 0 fully saturated rings. The molecule has 3 N–H and O–H groups in total. The second-order valence-electron chi connectivity index (χ2n) is 5.61. The van der Waals surface area contributed by atoms with Crippen molar-refractivity contribution in [2.75, 3.05) is 26.4 Å². The number of hydrogen-bond donors (Lipinski definition) is 3. The largest absolute Gasteiger partial charge is 0.481 e. The van der Waals surface area contributed by atoms with Crippen molar-refractivity contribution in [3.8, 4) is 0 Å². The third kappa shape index (κ3) is 13.8. The van der Waals surface area contributed by atoms with E-state index in [-0.39, 0.29) is 18.9 Å². The minimum atomic E-state index is -0.839. The number of amides is 1. The number of carboxylic acid groups (broad SMARTS) is 1. The zero-order valence-electron chi connectivity index (χ0n) is 13.9. The average molecular weight is 316 g/mol. The van der Waals surface area contributed by atoms with E-state index in [1.54, 1.807) is 0 Å². The van der Waals surface area contributed by atoms with E-state index in [1.165, 1.54) is 19.3 Å². The summed E-state index contributed by atoms with van der Waals surface area (Å²) in [6.45, 7) is 3.78. The summed E-state index contributed by atoms with van der Waals surface area (Å²) in [5.41, 5.74) is 0. The molecule has 0 aliphatic heterocycles. The lowest BCUT2D eigenvalue weighted by Gasteiger charge is -2.21. The minimum Gasteiger partial charge on any atom is -0.481 e. The molecule has 6 heteroatoms. The van der Waals surface area contributed by atoms with Gasteiger partial charge in [0.2, 0.25) is 5.91 Å². The standard InChI is InChI=1S/C16H32N2O4/c1-2-3-4-5-6-9-15(20)17-14-18(11-7-8-13-19)12-10-16(21)22/h19H,2-14H2,1H3,(H,17,20)(H,21,22). The molecule has 0 aromatic rings. The number of nitrogens with one attached hydrogen (secondary N) is 1. The normalized spacial score (nSPS) is 10.9. The number of rotatable bonds is 15. The molecule has 0 saturated heterocycles. The molecule has 0 atom stereocenters. The molecule has 0 aromatic heterocycles. The quantitative estimate of drug-likeness (QED) is 0.317. The molecule has 0 unspecified atom stereocenters. The molecular formula is C16H32N2O4. The number of aliphatic carboxylic acids is 1. The van der Waals surface area contributed by atoms with Gasteiger partial charge < -0.3 is 15.5 Å². The van der Waals surface area contributed by atoms with E-state index in [1.807, 2.05) is 4.90 Å². The Balaban J connectivity index is 3.87. The lowest BCUT2D eigenvalue weighted by atomic mass is 10.1. The van der Waals surface area contributed by atoms with Gasteiger partial charge in [-0.25, -0.2) is 0 Å². The third-order valence-electron chi connectivity index (χ3n) is 3.53. The fourth-order valence-corrected chi connectivity index (χ4v) is 2.15. The Morgan fingerprint density at radius 1 is 0.955 bits per heavy atom. The number of carbonyl (C=O) groups is 2. The molecule has 22 heavy (non-hydrogen) atoms. The van der Waals surface area contributed by atoms with E-state index in [9.17, 15) is 9.59 Å². The van der Waals surface area contributed by atoms with Crippen LogP contribution in [0.5, 0.6) is 0 Å². The van der Waals surface area contributed by atoms with E-state index in [0.29, 0.717) is 32.6 Å². The molecule has 1 amide bonds. The zero-order valence-corrected chi connectivity index (χ0v) is 13.9. The highest BCUT2D eigenvalue weighted by atomic mass is 16.4. The van der Waals surface area contributed by atoms with E-state index in [0.717, 1.165) is 19.3 Å². The van der Waals surface area contributed by atoms with Crippen LogP contribution in [0.25, 0.3) is 0 Å². The molecule has 130 valence electrons. The van der Waals surface area contributed by atoms with Crippen molar-refractivity contribution in [3.63, 3.8) is 0 Å². The second-order valence-corrected chi connectivity index (χ2v) is 5.61. The van der Waals surface area contributed by atoms with Crippen molar-refractivity contribution in [1.29, 1.82) is 0 Å². The van der Waals surface area contributed by atoms with Crippen LogP contribution in [0, 0.1) is 0 Å². The smallest absolute Gasteiger partial charge is 0.304 e. The predicted octanol–water partition coefficient (Wildman–Crippen LogP) is 1.97. The molecule has 0 saturated carbocycles. The van der Waals surface area contributed by atoms with Gasteiger partial charge in [0.15, 0.2) is 0 Å². The van der Waals surface area contributed by atoms with Gasteiger partial charge in [-0.1, -0.05) is 32.6 Å². The number of carboxylic acids is 1. The number of hydrogen-bond acceptors (Lipinski definition) is 4. The van der Waals surface area contributed by atoms with E-state index in [4.69, 9.17) is 10.2 Å². The van der Waals surface area contributed by atoms with Crippen LogP contribution in [-0.4, -0.2) is 53.4 Å². The van der Waals surface area contributed by atoms with Gasteiger partial charge in [-0.3, -0.25) is 14.5 Å². The average Bonchev–Trinajstić information content (AvgIpc) is 2.49. The van der Waals surface area contributed by atoms with Gasteiger partial charge in [0, 0.05) is 19.6 Å². The molecule has 0 spiro atoms. The van der Waals surface area contributed by atoms with Gasteiger partial charge in [0.05, 0.1) is 13.1 Å². The van der Waals surface area contributed by atoms with Gasteiger partial charge in [0.1, 0.15) is 0 Å². The van der Waals surface area contributed by atoms with Crippen LogP contribution in [-0.2, 0) is 9.59 Å². The number of nitrogens with zero attached hydrogens (tertiary/aromatic N) is 1. The van der Waals surface area contributed by atoms with Crippen LogP contribution < -0.4 is 5.32 Å². The van der Waals surface area contributed by atoms with Crippen LogP contribution in [0.1, 0.15) is 64.7 Å². The van der Waals surface area contributed by atoms with Crippen molar-refractivity contribution < 1.29 is 19.8 Å². The topological polar surface area (TPSA) is 89.9 Å². The molecule has 0 aromatic carbocycles. The summed E-state index contributed by atoms with van der Waals surface area (Å²) in [4.78, 5) is 24.3. The van der Waals surface area contributed by atoms with E-state index in [2.05, 4.69) is 12.2 Å². The Morgan fingerprint density at radius 2 is 1.68 bits per heavy atom. The first-order valence-corrected chi connectivity index (χ1v) is 8.41. The van der Waals surface area contributed by atoms with Gasteiger partial charge >= 0.3 is 5.97 Å². The maximum atomic E-state index is 11.8. The Hall–Kier alpha value is -1.14. The summed E-state index contributed by atoms with van der Waals surface area (Å²) in [6.07, 6.45) is 7.66. The molecule has 0 rings (SSSR count). The predicted molar refractivity (Wildman–Crippen MR) is 86.5 cm³/mol. The van der Waals surface area contributed by atoms with Crippen LogP contribution in [0.4, 0.5) is 0 Å². The van der Waals surface area contributed by atoms with Crippen molar-refractivity contribution in [3.05, 3.63) is 0 Å². The molecule has 6 nitrogen and oxygen atoms in total. The second kappa shape index (κ2) is 14.8. The highest BCUT2D eigenvalue weighted by Gasteiger charge is 2.09. The number of carbonyl (C=O) groups excluding carboxylic acids is 1. The first kappa shape index (κ1) is 20.9. The SMILES string of the molecule is CCCCCCCC(=O)NCN(CCCCO)CCC(=O)O. The van der Waals surface area contributed by atoms with Gasteiger partial charge in [-0.05, 0) is 25.8 Å². The lowest BCUT2D eigenvalue weighted by molar-refractivity contribution is -0.137. The van der Waals surface area contributed by atoms with Crippen LogP contribution in [0.15, 0.2) is 0 Å². The highest BCUT2D eigenvalue weighted by Crippen LogP contribution is 2.04. The first-order valence-electron chi connectivity index (χ1n) is 8.41. The lowest BCUT2D eigenvalue weighted by Crippen LogP contribution is -2.39. The number of unbranched alkanes of at least 4 members (excludes halogenated alkanes) is 5. The van der Waals surface area contributed by atoms with Crippen LogP contribution in [0.3, 0.4) is 0 Å². The Labute approximate surface area is 133 Å². The third-order valence-corrected chi connectivity index (χ3v) is 3.53. The van der Waals surface area contributed by atoms with Crippen molar-refractivity contribution >= 4 is 11.9 Å². The minimum absolute atomic E-state index is 0.0268. The fraction of sp³-hybridized carbons (Fsp3) is 0.875. The Morgan fingerprint density at radius 3 is 2.32 bits per heavy atom. The summed E-state index contributed by atoms with van der Waals surface area (Å²) in [5, 5.41) is 20.4. The van der Waals surface area contributed by atoms with Crippen LogP contribution >= 0.6 is 0 Å². The fourth-order valence-electron chi connectivity index (χ4n) is 2.15. The molecular weight excluding hydrogens is 284 g/mol. The van der Waals surface area contributed by atoms with Crippen molar-refractivity contribution in [2.24, 2.45) is 0 Å².